The van der Waals surface area contributed by atoms with Gasteiger partial charge in [0.15, 0.2) is 5.78 Å². The van der Waals surface area contributed by atoms with Gasteiger partial charge in [0.1, 0.15) is 5.75 Å². The second kappa shape index (κ2) is 6.90. The fourth-order valence-corrected chi connectivity index (χ4v) is 3.10. The zero-order chi connectivity index (χ0) is 19.9. The summed E-state index contributed by atoms with van der Waals surface area (Å²) < 4.78 is 0. The standard InChI is InChI=1S/C24H32O2/c1-15(2)16-9-11-17(12-10-16)21(25)18-13-19(23(3,4)5)22(26)20(14-18)24(6,7)8/h9-15,26H,1-8H3. The van der Waals surface area contributed by atoms with Crippen LogP contribution in [0.25, 0.3) is 0 Å². The molecular weight excluding hydrogens is 320 g/mol. The lowest BCUT2D eigenvalue weighted by molar-refractivity contribution is 0.103. The van der Waals surface area contributed by atoms with Crippen LogP contribution in [0.5, 0.6) is 5.75 Å². The summed E-state index contributed by atoms with van der Waals surface area (Å²) in [7, 11) is 0. The van der Waals surface area contributed by atoms with E-state index in [0.717, 1.165) is 11.1 Å². The molecular formula is C24H32O2. The summed E-state index contributed by atoms with van der Waals surface area (Å²) in [6.07, 6.45) is 0. The second-order valence-corrected chi connectivity index (χ2v) is 9.53. The molecule has 0 spiro atoms. The molecule has 26 heavy (non-hydrogen) atoms. The average molecular weight is 353 g/mol. The van der Waals surface area contributed by atoms with Gasteiger partial charge in [-0.05, 0) is 34.4 Å². The predicted octanol–water partition coefficient (Wildman–Crippen LogP) is 6.34. The van der Waals surface area contributed by atoms with Crippen LogP contribution in [0.15, 0.2) is 36.4 Å². The van der Waals surface area contributed by atoms with E-state index >= 15 is 0 Å². The number of phenolic OH excluding ortho intramolecular Hbond substituents is 1. The molecule has 2 heteroatoms. The van der Waals surface area contributed by atoms with Crippen molar-refractivity contribution in [2.45, 2.75) is 72.1 Å². The molecule has 0 fully saturated rings. The number of aromatic hydroxyl groups is 1. The molecule has 2 rings (SSSR count). The summed E-state index contributed by atoms with van der Waals surface area (Å²) >= 11 is 0. The van der Waals surface area contributed by atoms with E-state index in [1.54, 1.807) is 0 Å². The molecule has 2 nitrogen and oxygen atoms in total. The first-order chi connectivity index (χ1) is 11.8. The predicted molar refractivity (Wildman–Crippen MR) is 109 cm³/mol. The highest BCUT2D eigenvalue weighted by Crippen LogP contribution is 2.40. The topological polar surface area (TPSA) is 37.3 Å². The molecule has 2 aromatic carbocycles. The number of carbonyl (C=O) groups excluding carboxylic acids is 1. The number of ketones is 1. The SMILES string of the molecule is CC(C)c1ccc(C(=O)c2cc(C(C)(C)C)c(O)c(C(C)(C)C)c2)cc1. The Morgan fingerprint density at radius 2 is 1.23 bits per heavy atom. The lowest BCUT2D eigenvalue weighted by Crippen LogP contribution is -2.19. The molecule has 0 heterocycles. The van der Waals surface area contributed by atoms with Crippen molar-refractivity contribution in [3.8, 4) is 5.75 Å². The molecule has 0 saturated heterocycles. The summed E-state index contributed by atoms with van der Waals surface area (Å²) in [4.78, 5) is 13.1. The van der Waals surface area contributed by atoms with Crippen LogP contribution in [0.2, 0.25) is 0 Å². The summed E-state index contributed by atoms with van der Waals surface area (Å²) in [6, 6.07) is 11.5. The monoisotopic (exact) mass is 352 g/mol. The third-order valence-electron chi connectivity index (χ3n) is 4.83. The van der Waals surface area contributed by atoms with Gasteiger partial charge >= 0.3 is 0 Å². The van der Waals surface area contributed by atoms with Gasteiger partial charge in [-0.15, -0.1) is 0 Å². The van der Waals surface area contributed by atoms with Gasteiger partial charge < -0.3 is 5.11 Å². The molecule has 2 aromatic rings. The molecule has 0 aliphatic carbocycles. The van der Waals surface area contributed by atoms with Gasteiger partial charge in [-0.2, -0.15) is 0 Å². The Labute approximate surface area is 158 Å². The van der Waals surface area contributed by atoms with E-state index in [1.165, 1.54) is 5.56 Å². The van der Waals surface area contributed by atoms with Gasteiger partial charge in [0, 0.05) is 22.3 Å². The smallest absolute Gasteiger partial charge is 0.193 e. The number of rotatable bonds is 3. The lowest BCUT2D eigenvalue weighted by atomic mass is 9.77. The summed E-state index contributed by atoms with van der Waals surface area (Å²) in [5.74, 6) is 0.737. The highest BCUT2D eigenvalue weighted by molar-refractivity contribution is 6.09. The van der Waals surface area contributed by atoms with Crippen LogP contribution < -0.4 is 0 Å². The van der Waals surface area contributed by atoms with Gasteiger partial charge in [-0.3, -0.25) is 4.79 Å². The minimum absolute atomic E-state index is 0.00342. The van der Waals surface area contributed by atoms with Crippen LogP contribution in [0.1, 0.15) is 93.9 Å². The van der Waals surface area contributed by atoms with E-state index in [1.807, 2.05) is 36.4 Å². The maximum Gasteiger partial charge on any atom is 0.193 e. The molecule has 0 aliphatic rings. The van der Waals surface area contributed by atoms with E-state index in [2.05, 4.69) is 55.4 Å². The molecule has 140 valence electrons. The van der Waals surface area contributed by atoms with Crippen molar-refractivity contribution in [2.75, 3.05) is 0 Å². The maximum absolute atomic E-state index is 13.1. The van der Waals surface area contributed by atoms with Crippen LogP contribution in [-0.2, 0) is 10.8 Å². The van der Waals surface area contributed by atoms with Crippen molar-refractivity contribution < 1.29 is 9.90 Å². The number of hydrogen-bond donors (Lipinski definition) is 1. The molecule has 0 bridgehead atoms. The zero-order valence-electron chi connectivity index (χ0n) is 17.4. The maximum atomic E-state index is 13.1. The van der Waals surface area contributed by atoms with Gasteiger partial charge in [0.25, 0.3) is 0 Å². The molecule has 0 amide bonds. The largest absolute Gasteiger partial charge is 0.507 e. The quantitative estimate of drug-likeness (QED) is 0.654. The van der Waals surface area contributed by atoms with Gasteiger partial charge in [-0.1, -0.05) is 79.7 Å². The Hall–Kier alpha value is -2.09. The lowest BCUT2D eigenvalue weighted by Gasteiger charge is -2.28. The Bertz CT molecular complexity index is 763. The van der Waals surface area contributed by atoms with Gasteiger partial charge in [0.2, 0.25) is 0 Å². The van der Waals surface area contributed by atoms with E-state index in [4.69, 9.17) is 0 Å². The first-order valence-electron chi connectivity index (χ1n) is 9.35. The van der Waals surface area contributed by atoms with E-state index < -0.39 is 0 Å². The average Bonchev–Trinajstić information content (AvgIpc) is 2.52. The van der Waals surface area contributed by atoms with E-state index in [0.29, 0.717) is 22.8 Å². The molecule has 0 atom stereocenters. The Morgan fingerprint density at radius 1 is 0.808 bits per heavy atom. The first-order valence-corrected chi connectivity index (χ1v) is 9.35. The second-order valence-electron chi connectivity index (χ2n) is 9.53. The van der Waals surface area contributed by atoms with Crippen LogP contribution in [0.4, 0.5) is 0 Å². The van der Waals surface area contributed by atoms with Crippen LogP contribution in [0, 0.1) is 0 Å². The number of phenols is 1. The Balaban J connectivity index is 2.59. The summed E-state index contributed by atoms with van der Waals surface area (Å²) in [5, 5.41) is 10.8. The van der Waals surface area contributed by atoms with Crippen LogP contribution in [0.3, 0.4) is 0 Å². The fraction of sp³-hybridized carbons (Fsp3) is 0.458. The van der Waals surface area contributed by atoms with E-state index in [9.17, 15) is 9.90 Å². The number of benzene rings is 2. The van der Waals surface area contributed by atoms with Crippen molar-refractivity contribution in [2.24, 2.45) is 0 Å². The zero-order valence-corrected chi connectivity index (χ0v) is 17.4. The normalized spacial score (nSPS) is 12.5. The van der Waals surface area contributed by atoms with Crippen LogP contribution in [-0.4, -0.2) is 10.9 Å². The molecule has 0 unspecified atom stereocenters. The molecule has 0 saturated carbocycles. The highest BCUT2D eigenvalue weighted by Gasteiger charge is 2.28. The Morgan fingerprint density at radius 3 is 1.58 bits per heavy atom. The van der Waals surface area contributed by atoms with Gasteiger partial charge in [0.05, 0.1) is 0 Å². The molecule has 0 aliphatic heterocycles. The van der Waals surface area contributed by atoms with Crippen molar-refractivity contribution in [3.05, 3.63) is 64.2 Å². The molecule has 0 radical (unpaired) electrons. The highest BCUT2D eigenvalue weighted by atomic mass is 16.3. The summed E-state index contributed by atoms with van der Waals surface area (Å²) in [5.41, 5.74) is 3.66. The number of hydrogen-bond acceptors (Lipinski definition) is 2. The molecule has 0 aromatic heterocycles. The van der Waals surface area contributed by atoms with Crippen molar-refractivity contribution in [1.82, 2.24) is 0 Å². The molecule has 1 N–H and O–H groups in total. The summed E-state index contributed by atoms with van der Waals surface area (Å²) in [6.45, 7) is 16.6. The first kappa shape index (κ1) is 20.2. The fourth-order valence-electron chi connectivity index (χ4n) is 3.10. The third-order valence-corrected chi connectivity index (χ3v) is 4.83. The minimum Gasteiger partial charge on any atom is -0.507 e. The Kier molecular flexibility index (Phi) is 5.37. The van der Waals surface area contributed by atoms with E-state index in [-0.39, 0.29) is 16.6 Å². The van der Waals surface area contributed by atoms with Gasteiger partial charge in [-0.25, -0.2) is 0 Å². The van der Waals surface area contributed by atoms with Crippen molar-refractivity contribution >= 4 is 5.78 Å². The third kappa shape index (κ3) is 4.17. The minimum atomic E-state index is -0.248. The van der Waals surface area contributed by atoms with Crippen molar-refractivity contribution in [3.63, 3.8) is 0 Å². The number of carbonyl (C=O) groups is 1. The van der Waals surface area contributed by atoms with Crippen LogP contribution >= 0.6 is 0 Å². The van der Waals surface area contributed by atoms with Crippen molar-refractivity contribution in [1.29, 1.82) is 0 Å².